The summed E-state index contributed by atoms with van der Waals surface area (Å²) in [4.78, 5) is 10.8. The lowest BCUT2D eigenvalue weighted by atomic mass is 9.95. The van der Waals surface area contributed by atoms with Crippen LogP contribution < -0.4 is 4.74 Å². The Bertz CT molecular complexity index is 384. The molecule has 1 atom stereocenters. The highest BCUT2D eigenvalue weighted by atomic mass is 16.5. The Balaban J connectivity index is 2.24. The molecule has 3 heteroatoms. The molecule has 0 saturated carbocycles. The zero-order valence-corrected chi connectivity index (χ0v) is 8.69. The van der Waals surface area contributed by atoms with Gasteiger partial charge in [0.2, 0.25) is 0 Å². The summed E-state index contributed by atoms with van der Waals surface area (Å²) in [5.41, 5.74) is 2.23. The lowest BCUT2D eigenvalue weighted by Gasteiger charge is -2.22. The van der Waals surface area contributed by atoms with Crippen LogP contribution in [0.25, 0.3) is 0 Å². The van der Waals surface area contributed by atoms with Crippen molar-refractivity contribution in [3.8, 4) is 5.75 Å². The van der Waals surface area contributed by atoms with Gasteiger partial charge < -0.3 is 9.84 Å². The van der Waals surface area contributed by atoms with Crippen LogP contribution in [0, 0.1) is 5.92 Å². The zero-order chi connectivity index (χ0) is 10.8. The summed E-state index contributed by atoms with van der Waals surface area (Å²) in [7, 11) is 0. The molecule has 0 amide bonds. The molecule has 0 unspecified atom stereocenters. The van der Waals surface area contributed by atoms with E-state index in [2.05, 4.69) is 6.92 Å². The Morgan fingerprint density at radius 1 is 1.60 bits per heavy atom. The van der Waals surface area contributed by atoms with Crippen LogP contribution in [0.1, 0.15) is 18.1 Å². The maximum Gasteiger partial charge on any atom is 0.310 e. The number of aliphatic carboxylic acids is 1. The second-order valence-corrected chi connectivity index (χ2v) is 3.85. The van der Waals surface area contributed by atoms with E-state index in [1.165, 1.54) is 5.56 Å². The first-order chi connectivity index (χ1) is 7.20. The quantitative estimate of drug-likeness (QED) is 0.803. The van der Waals surface area contributed by atoms with E-state index in [0.29, 0.717) is 6.42 Å². The van der Waals surface area contributed by atoms with Crippen LogP contribution in [0.15, 0.2) is 18.2 Å². The van der Waals surface area contributed by atoms with Crippen molar-refractivity contribution in [3.63, 3.8) is 0 Å². The number of hydrogen-bond acceptors (Lipinski definition) is 2. The van der Waals surface area contributed by atoms with Gasteiger partial charge in [-0.1, -0.05) is 19.1 Å². The maximum atomic E-state index is 10.8. The molecule has 0 aliphatic carbocycles. The van der Waals surface area contributed by atoms with E-state index < -0.39 is 11.9 Å². The van der Waals surface area contributed by atoms with Crippen molar-refractivity contribution in [3.05, 3.63) is 29.3 Å². The summed E-state index contributed by atoms with van der Waals surface area (Å²) >= 11 is 0. The van der Waals surface area contributed by atoms with E-state index in [4.69, 9.17) is 9.84 Å². The second-order valence-electron chi connectivity index (χ2n) is 3.85. The molecule has 1 aromatic rings. The second kappa shape index (κ2) is 3.93. The van der Waals surface area contributed by atoms with Crippen LogP contribution in [0.3, 0.4) is 0 Å². The molecule has 1 aliphatic heterocycles. The van der Waals surface area contributed by atoms with E-state index in [1.54, 1.807) is 0 Å². The summed E-state index contributed by atoms with van der Waals surface area (Å²) in [5.74, 6) is -0.322. The number of carboxylic acids is 1. The molecule has 1 aromatic carbocycles. The highest BCUT2D eigenvalue weighted by molar-refractivity contribution is 5.71. The van der Waals surface area contributed by atoms with E-state index in [-0.39, 0.29) is 6.61 Å². The molecule has 0 fully saturated rings. The minimum Gasteiger partial charge on any atom is -0.492 e. The molecule has 0 aromatic heterocycles. The summed E-state index contributed by atoms with van der Waals surface area (Å²) in [6.45, 7) is 2.38. The Morgan fingerprint density at radius 3 is 3.07 bits per heavy atom. The predicted molar refractivity (Wildman–Crippen MR) is 56.1 cm³/mol. The van der Waals surface area contributed by atoms with Crippen molar-refractivity contribution in [1.82, 2.24) is 0 Å². The van der Waals surface area contributed by atoms with Crippen molar-refractivity contribution in [2.45, 2.75) is 19.8 Å². The molecule has 80 valence electrons. The fourth-order valence-corrected chi connectivity index (χ4v) is 1.80. The van der Waals surface area contributed by atoms with Gasteiger partial charge in [0.25, 0.3) is 0 Å². The summed E-state index contributed by atoms with van der Waals surface area (Å²) in [5, 5.41) is 8.88. The third-order valence-corrected chi connectivity index (χ3v) is 2.80. The Hall–Kier alpha value is -1.51. The van der Waals surface area contributed by atoms with Crippen molar-refractivity contribution >= 4 is 5.97 Å². The largest absolute Gasteiger partial charge is 0.492 e. The van der Waals surface area contributed by atoms with E-state index in [9.17, 15) is 4.79 Å². The minimum atomic E-state index is -0.778. The van der Waals surface area contributed by atoms with E-state index in [0.717, 1.165) is 17.7 Å². The predicted octanol–water partition coefficient (Wildman–Crippen LogP) is 1.88. The number of rotatable bonds is 2. The number of carbonyl (C=O) groups is 1. The molecule has 2 rings (SSSR count). The van der Waals surface area contributed by atoms with E-state index in [1.807, 2.05) is 18.2 Å². The molecular weight excluding hydrogens is 192 g/mol. The molecule has 3 nitrogen and oxygen atoms in total. The minimum absolute atomic E-state index is 0.287. The van der Waals surface area contributed by atoms with Gasteiger partial charge in [-0.05, 0) is 30.0 Å². The molecule has 0 spiro atoms. The average Bonchev–Trinajstić information content (AvgIpc) is 2.27. The van der Waals surface area contributed by atoms with Crippen LogP contribution >= 0.6 is 0 Å². The van der Waals surface area contributed by atoms with Gasteiger partial charge in [0.15, 0.2) is 0 Å². The first-order valence-corrected chi connectivity index (χ1v) is 5.18. The van der Waals surface area contributed by atoms with Gasteiger partial charge in [-0.15, -0.1) is 0 Å². The van der Waals surface area contributed by atoms with Gasteiger partial charge in [-0.3, -0.25) is 4.79 Å². The molecule has 1 N–H and O–H groups in total. The molecule has 1 aliphatic rings. The van der Waals surface area contributed by atoms with Crippen LogP contribution in [0.4, 0.5) is 0 Å². The van der Waals surface area contributed by atoms with E-state index >= 15 is 0 Å². The number of benzene rings is 1. The maximum absolute atomic E-state index is 10.8. The number of fused-ring (bicyclic) bond motifs is 1. The third kappa shape index (κ3) is 1.96. The lowest BCUT2D eigenvalue weighted by Crippen LogP contribution is -2.27. The molecule has 0 bridgehead atoms. The highest BCUT2D eigenvalue weighted by Gasteiger charge is 2.25. The number of carboxylic acid groups (broad SMARTS) is 1. The van der Waals surface area contributed by atoms with Crippen LogP contribution in [0.2, 0.25) is 0 Å². The number of hydrogen-bond donors (Lipinski definition) is 1. The molecular formula is C12H14O3. The molecule has 0 radical (unpaired) electrons. The molecule has 15 heavy (non-hydrogen) atoms. The van der Waals surface area contributed by atoms with Gasteiger partial charge in [0, 0.05) is 0 Å². The first-order valence-electron chi connectivity index (χ1n) is 5.18. The van der Waals surface area contributed by atoms with Crippen molar-refractivity contribution < 1.29 is 14.6 Å². The summed E-state index contributed by atoms with van der Waals surface area (Å²) in [6, 6.07) is 6.02. The van der Waals surface area contributed by atoms with Crippen LogP contribution in [0.5, 0.6) is 5.75 Å². The summed E-state index contributed by atoms with van der Waals surface area (Å²) < 4.78 is 5.46. The smallest absolute Gasteiger partial charge is 0.310 e. The van der Waals surface area contributed by atoms with Gasteiger partial charge in [0.1, 0.15) is 12.4 Å². The van der Waals surface area contributed by atoms with Crippen molar-refractivity contribution in [1.29, 1.82) is 0 Å². The Kier molecular flexibility index (Phi) is 2.62. The topological polar surface area (TPSA) is 46.5 Å². The van der Waals surface area contributed by atoms with Crippen LogP contribution in [-0.2, 0) is 17.6 Å². The Morgan fingerprint density at radius 2 is 2.40 bits per heavy atom. The SMILES string of the molecule is CCc1ccc2c(c1)OC[C@H](C(=O)O)C2. The van der Waals surface area contributed by atoms with Crippen molar-refractivity contribution in [2.24, 2.45) is 5.92 Å². The molecule has 0 saturated heterocycles. The fourth-order valence-electron chi connectivity index (χ4n) is 1.80. The van der Waals surface area contributed by atoms with Gasteiger partial charge in [0.05, 0.1) is 5.92 Å². The monoisotopic (exact) mass is 206 g/mol. The Labute approximate surface area is 88.7 Å². The average molecular weight is 206 g/mol. The standard InChI is InChI=1S/C12H14O3/c1-2-8-3-4-9-6-10(12(13)14)7-15-11(9)5-8/h3-5,10H,2,6-7H2,1H3,(H,13,14)/t10-/m1/s1. The normalized spacial score (nSPS) is 19.1. The molecule has 1 heterocycles. The van der Waals surface area contributed by atoms with Gasteiger partial charge >= 0.3 is 5.97 Å². The first kappa shape index (κ1) is 10.0. The third-order valence-electron chi connectivity index (χ3n) is 2.80. The fraction of sp³-hybridized carbons (Fsp3) is 0.417. The summed E-state index contributed by atoms with van der Waals surface area (Å²) in [6.07, 6.45) is 1.55. The number of ether oxygens (including phenoxy) is 1. The van der Waals surface area contributed by atoms with Gasteiger partial charge in [-0.2, -0.15) is 0 Å². The highest BCUT2D eigenvalue weighted by Crippen LogP contribution is 2.28. The van der Waals surface area contributed by atoms with Crippen LogP contribution in [-0.4, -0.2) is 17.7 Å². The zero-order valence-electron chi connectivity index (χ0n) is 8.69. The van der Waals surface area contributed by atoms with Crippen molar-refractivity contribution in [2.75, 3.05) is 6.61 Å². The van der Waals surface area contributed by atoms with Gasteiger partial charge in [-0.25, -0.2) is 0 Å². The number of aryl methyl sites for hydroxylation is 1. The lowest BCUT2D eigenvalue weighted by molar-refractivity contribution is -0.143.